The topological polar surface area (TPSA) is 135 Å². The van der Waals surface area contributed by atoms with Crippen LogP contribution in [0, 0.1) is 0 Å². The van der Waals surface area contributed by atoms with Gasteiger partial charge in [-0.2, -0.15) is 4.98 Å². The maximum absolute atomic E-state index is 12.3. The number of nitrogens with one attached hydrogen (secondary N) is 1. The van der Waals surface area contributed by atoms with E-state index >= 15 is 0 Å². The van der Waals surface area contributed by atoms with Crippen LogP contribution in [0.3, 0.4) is 0 Å². The molecule has 156 valence electrons. The quantitative estimate of drug-likeness (QED) is 0.575. The highest BCUT2D eigenvalue weighted by Crippen LogP contribution is 2.50. The first-order valence-corrected chi connectivity index (χ1v) is 11.1. The van der Waals surface area contributed by atoms with Crippen molar-refractivity contribution in [2.24, 2.45) is 0 Å². The second kappa shape index (κ2) is 10.2. The van der Waals surface area contributed by atoms with Crippen molar-refractivity contribution in [2.75, 3.05) is 30.9 Å². The van der Waals surface area contributed by atoms with Crippen LogP contribution in [0.1, 0.15) is 27.0 Å². The van der Waals surface area contributed by atoms with E-state index in [2.05, 4.69) is 10.3 Å². The van der Waals surface area contributed by atoms with Gasteiger partial charge in [-0.15, -0.1) is 11.8 Å². The van der Waals surface area contributed by atoms with Crippen LogP contribution in [0.25, 0.3) is 0 Å². The minimum absolute atomic E-state index is 0.0352. The molecule has 2 atom stereocenters. The van der Waals surface area contributed by atoms with E-state index < -0.39 is 30.7 Å². The van der Waals surface area contributed by atoms with E-state index in [1.54, 1.807) is 13.8 Å². The highest BCUT2D eigenvalue weighted by molar-refractivity contribution is 8.00. The molecule has 0 aromatic carbocycles. The lowest BCUT2D eigenvalue weighted by molar-refractivity contribution is -0.114. The third kappa shape index (κ3) is 5.89. The molecule has 0 unspecified atom stereocenters. The Bertz CT molecular complexity index is 807. The van der Waals surface area contributed by atoms with Gasteiger partial charge in [-0.1, -0.05) is 0 Å². The first-order chi connectivity index (χ1) is 13.3. The Balaban J connectivity index is 1.93. The minimum Gasteiger partial charge on any atom is -0.453 e. The summed E-state index contributed by atoms with van der Waals surface area (Å²) < 4.78 is 34.1. The second-order valence-corrected chi connectivity index (χ2v) is 8.52. The number of hydrogen-bond donors (Lipinski definition) is 1. The molecule has 0 saturated carbocycles. The Morgan fingerprint density at radius 2 is 2.07 bits per heavy atom. The summed E-state index contributed by atoms with van der Waals surface area (Å²) in [5, 5.41) is 2.42. The van der Waals surface area contributed by atoms with E-state index in [0.717, 1.165) is 0 Å². The van der Waals surface area contributed by atoms with Gasteiger partial charge in [-0.3, -0.25) is 9.36 Å². The summed E-state index contributed by atoms with van der Waals surface area (Å²) in [6, 6.07) is 1.48. The largest absolute Gasteiger partial charge is 0.453 e. The molecule has 13 heteroatoms. The van der Waals surface area contributed by atoms with E-state index in [9.17, 15) is 18.9 Å². The van der Waals surface area contributed by atoms with Gasteiger partial charge in [0.25, 0.3) is 0 Å². The average molecular weight is 435 g/mol. The van der Waals surface area contributed by atoms with Crippen molar-refractivity contribution in [1.29, 1.82) is 0 Å². The summed E-state index contributed by atoms with van der Waals surface area (Å²) >= 11 is 1.32. The number of ether oxygens (including phenoxy) is 2. The van der Waals surface area contributed by atoms with Gasteiger partial charge in [-0.25, -0.2) is 14.2 Å². The highest BCUT2D eigenvalue weighted by atomic mass is 32.2. The number of amides is 1. The number of carbonyl (C=O) groups is 2. The normalized spacial score (nSPS) is 19.4. The van der Waals surface area contributed by atoms with E-state index in [1.165, 1.54) is 35.5 Å². The van der Waals surface area contributed by atoms with Gasteiger partial charge in [0, 0.05) is 18.9 Å². The number of aromatic nitrogens is 2. The summed E-state index contributed by atoms with van der Waals surface area (Å²) in [4.78, 5) is 38.9. The molecule has 2 rings (SSSR count). The standard InChI is InChI=1S/C15H22N3O8PS/c1-4-24-27(22,25-5-2)15(21)23-8-13-26-12(9-28-13)18-7-6-11(16-10(3)19)17-14(18)20/h6-7,12-13H,4-5,8-9H2,1-3H3,(H,16,17,19,20)/t12-,13+/m0/s1. The molecule has 0 aliphatic carbocycles. The lowest BCUT2D eigenvalue weighted by Crippen LogP contribution is -2.29. The second-order valence-electron chi connectivity index (χ2n) is 5.45. The number of anilines is 1. The predicted octanol–water partition coefficient (Wildman–Crippen LogP) is 2.19. The molecule has 2 heterocycles. The van der Waals surface area contributed by atoms with E-state index in [4.69, 9.17) is 18.5 Å². The van der Waals surface area contributed by atoms with E-state index in [-0.39, 0.29) is 31.5 Å². The molecule has 28 heavy (non-hydrogen) atoms. The Morgan fingerprint density at radius 1 is 1.39 bits per heavy atom. The summed E-state index contributed by atoms with van der Waals surface area (Å²) in [5.41, 5.74) is -2.23. The number of hydrogen-bond acceptors (Lipinski definition) is 10. The zero-order valence-electron chi connectivity index (χ0n) is 15.7. The molecular weight excluding hydrogens is 413 g/mol. The first-order valence-electron chi connectivity index (χ1n) is 8.49. The average Bonchev–Trinajstić information content (AvgIpc) is 3.08. The van der Waals surface area contributed by atoms with E-state index in [0.29, 0.717) is 5.75 Å². The molecule has 0 radical (unpaired) electrons. The van der Waals surface area contributed by atoms with Crippen molar-refractivity contribution in [3.8, 4) is 0 Å². The number of thioether (sulfide) groups is 1. The van der Waals surface area contributed by atoms with Gasteiger partial charge < -0.3 is 23.8 Å². The number of carbonyl (C=O) groups excluding carboxylic acids is 2. The molecule has 1 aromatic rings. The Labute approximate surface area is 165 Å². The monoisotopic (exact) mass is 435 g/mol. The summed E-state index contributed by atoms with van der Waals surface area (Å²) in [7, 11) is -3.99. The first kappa shape index (κ1) is 22.6. The molecule has 11 nitrogen and oxygen atoms in total. The number of nitrogens with zero attached hydrogens (tertiary/aromatic N) is 2. The Hall–Kier alpha value is -1.72. The molecule has 0 bridgehead atoms. The van der Waals surface area contributed by atoms with Crippen molar-refractivity contribution in [2.45, 2.75) is 32.4 Å². The summed E-state index contributed by atoms with van der Waals surface area (Å²) in [6.07, 6.45) is 0.837. The zero-order chi connectivity index (χ0) is 20.7. The zero-order valence-corrected chi connectivity index (χ0v) is 17.4. The van der Waals surface area contributed by atoms with Crippen LogP contribution in [0.2, 0.25) is 0 Å². The van der Waals surface area contributed by atoms with Crippen LogP contribution in [-0.4, -0.2) is 52.2 Å². The lowest BCUT2D eigenvalue weighted by atomic mass is 10.5. The van der Waals surface area contributed by atoms with Crippen LogP contribution in [-0.2, 0) is 27.9 Å². The SMILES string of the molecule is CCOP(=O)(OCC)C(=O)OC[C@@H]1O[C@H](n2ccc(NC(C)=O)nc2=O)CS1. The maximum Gasteiger partial charge on any atom is 0.438 e. The van der Waals surface area contributed by atoms with Gasteiger partial charge in [0.05, 0.1) is 13.2 Å². The third-order valence-electron chi connectivity index (χ3n) is 3.34. The van der Waals surface area contributed by atoms with E-state index in [1.807, 2.05) is 0 Å². The fraction of sp³-hybridized carbons (Fsp3) is 0.600. The van der Waals surface area contributed by atoms with Crippen molar-refractivity contribution in [1.82, 2.24) is 9.55 Å². The van der Waals surface area contributed by atoms with Gasteiger partial charge in [-0.05, 0) is 19.9 Å². The van der Waals surface area contributed by atoms with Crippen molar-refractivity contribution in [3.63, 3.8) is 0 Å². The van der Waals surface area contributed by atoms with Crippen molar-refractivity contribution >= 4 is 36.8 Å². The fourth-order valence-electron chi connectivity index (χ4n) is 2.26. The van der Waals surface area contributed by atoms with Crippen molar-refractivity contribution in [3.05, 3.63) is 22.7 Å². The summed E-state index contributed by atoms with van der Waals surface area (Å²) in [6.45, 7) is 4.37. The van der Waals surface area contributed by atoms with Crippen LogP contribution in [0.4, 0.5) is 10.6 Å². The molecule has 1 saturated heterocycles. The number of rotatable bonds is 9. The van der Waals surface area contributed by atoms with Crippen LogP contribution in [0.5, 0.6) is 0 Å². The molecule has 0 spiro atoms. The Morgan fingerprint density at radius 3 is 2.64 bits per heavy atom. The summed E-state index contributed by atoms with van der Waals surface area (Å²) in [5.74, 6) is 0.223. The van der Waals surface area contributed by atoms with Crippen molar-refractivity contribution < 1.29 is 32.7 Å². The fourth-order valence-corrected chi connectivity index (χ4v) is 4.45. The third-order valence-corrected chi connectivity index (χ3v) is 6.21. The smallest absolute Gasteiger partial charge is 0.438 e. The molecule has 1 aromatic heterocycles. The molecular formula is C15H22N3O8PS. The van der Waals surface area contributed by atoms with Crippen LogP contribution >= 0.6 is 19.4 Å². The highest BCUT2D eigenvalue weighted by Gasteiger charge is 2.38. The molecule has 1 amide bonds. The van der Waals surface area contributed by atoms with Crippen LogP contribution < -0.4 is 11.0 Å². The molecule has 1 aliphatic rings. The van der Waals surface area contributed by atoms with Gasteiger partial charge >= 0.3 is 19.0 Å². The minimum atomic E-state index is -3.99. The molecule has 1 fully saturated rings. The van der Waals surface area contributed by atoms with Gasteiger partial charge in [0.15, 0.2) is 0 Å². The molecule has 1 N–H and O–H groups in total. The molecule has 1 aliphatic heterocycles. The van der Waals surface area contributed by atoms with Gasteiger partial charge in [0.1, 0.15) is 24.1 Å². The Kier molecular flexibility index (Phi) is 8.20. The van der Waals surface area contributed by atoms with Gasteiger partial charge in [0.2, 0.25) is 5.91 Å². The lowest BCUT2D eigenvalue weighted by Gasteiger charge is -2.17. The maximum atomic E-state index is 12.3. The predicted molar refractivity (Wildman–Crippen MR) is 101 cm³/mol. The van der Waals surface area contributed by atoms with Crippen LogP contribution in [0.15, 0.2) is 17.1 Å².